The molecule has 2 aromatic rings. The lowest BCUT2D eigenvalue weighted by atomic mass is 9.78. The zero-order chi connectivity index (χ0) is 14.8. The monoisotopic (exact) mass is 272 g/mol. The summed E-state index contributed by atoms with van der Waals surface area (Å²) in [4.78, 5) is 8.13. The first-order chi connectivity index (χ1) is 9.50. The van der Waals surface area contributed by atoms with Crippen LogP contribution in [0.25, 0.3) is 0 Å². The summed E-state index contributed by atoms with van der Waals surface area (Å²) in [5, 5.41) is 11.3. The van der Waals surface area contributed by atoms with E-state index in [4.69, 9.17) is 4.74 Å². The minimum absolute atomic E-state index is 0.0508. The highest BCUT2D eigenvalue weighted by molar-refractivity contribution is 5.41. The van der Waals surface area contributed by atoms with Crippen molar-refractivity contribution in [3.8, 4) is 5.88 Å². The topological polar surface area (TPSA) is 55.2 Å². The minimum Gasteiger partial charge on any atom is -0.481 e. The number of methoxy groups -OCH3 is 1. The number of rotatable bonds is 4. The van der Waals surface area contributed by atoms with Crippen molar-refractivity contribution in [2.24, 2.45) is 5.92 Å². The Bertz CT molecular complexity index is 581. The van der Waals surface area contributed by atoms with Gasteiger partial charge in [-0.25, -0.2) is 9.97 Å². The van der Waals surface area contributed by atoms with E-state index in [9.17, 15) is 5.11 Å². The standard InChI is InChI=1S/C16H20N2O2/c1-11(2)16(19,13-7-5-12(3)6-8-13)14-9-17-10-18-15(14)20-4/h5-11,19H,1-4H3. The third kappa shape index (κ3) is 2.39. The van der Waals surface area contributed by atoms with E-state index in [-0.39, 0.29) is 5.92 Å². The van der Waals surface area contributed by atoms with Crippen LogP contribution in [0.4, 0.5) is 0 Å². The van der Waals surface area contributed by atoms with Crippen LogP contribution >= 0.6 is 0 Å². The first-order valence-electron chi connectivity index (χ1n) is 6.64. The predicted molar refractivity (Wildman–Crippen MR) is 77.6 cm³/mol. The summed E-state index contributed by atoms with van der Waals surface area (Å²) < 4.78 is 5.28. The maximum atomic E-state index is 11.3. The second kappa shape index (κ2) is 5.59. The van der Waals surface area contributed by atoms with Crippen molar-refractivity contribution >= 4 is 0 Å². The molecule has 1 unspecified atom stereocenters. The van der Waals surface area contributed by atoms with Crippen molar-refractivity contribution in [3.63, 3.8) is 0 Å². The van der Waals surface area contributed by atoms with Gasteiger partial charge in [-0.3, -0.25) is 0 Å². The zero-order valence-electron chi connectivity index (χ0n) is 12.3. The Kier molecular flexibility index (Phi) is 4.04. The molecule has 0 spiro atoms. The van der Waals surface area contributed by atoms with Crippen molar-refractivity contribution in [2.45, 2.75) is 26.4 Å². The van der Waals surface area contributed by atoms with Crippen LogP contribution in [0.15, 0.2) is 36.8 Å². The van der Waals surface area contributed by atoms with Gasteiger partial charge in [-0.05, 0) is 18.4 Å². The molecule has 4 heteroatoms. The highest BCUT2D eigenvalue weighted by Gasteiger charge is 2.38. The average molecular weight is 272 g/mol. The number of nitrogens with zero attached hydrogens (tertiary/aromatic N) is 2. The summed E-state index contributed by atoms with van der Waals surface area (Å²) in [6, 6.07) is 7.83. The highest BCUT2D eigenvalue weighted by Crippen LogP contribution is 2.39. The van der Waals surface area contributed by atoms with E-state index in [1.54, 1.807) is 13.3 Å². The van der Waals surface area contributed by atoms with Crippen molar-refractivity contribution in [2.75, 3.05) is 7.11 Å². The van der Waals surface area contributed by atoms with E-state index < -0.39 is 5.60 Å². The van der Waals surface area contributed by atoms with Crippen molar-refractivity contribution in [3.05, 3.63) is 53.5 Å². The van der Waals surface area contributed by atoms with Crippen molar-refractivity contribution < 1.29 is 9.84 Å². The summed E-state index contributed by atoms with van der Waals surface area (Å²) in [7, 11) is 1.54. The van der Waals surface area contributed by atoms with Crippen LogP contribution in [-0.2, 0) is 5.60 Å². The molecular formula is C16H20N2O2. The van der Waals surface area contributed by atoms with Crippen LogP contribution in [0.2, 0.25) is 0 Å². The maximum Gasteiger partial charge on any atom is 0.222 e. The van der Waals surface area contributed by atoms with Crippen LogP contribution in [0.1, 0.15) is 30.5 Å². The number of benzene rings is 1. The second-order valence-corrected chi connectivity index (χ2v) is 5.23. The fourth-order valence-electron chi connectivity index (χ4n) is 2.35. The van der Waals surface area contributed by atoms with E-state index in [2.05, 4.69) is 9.97 Å². The SMILES string of the molecule is COc1ncncc1C(O)(c1ccc(C)cc1)C(C)C. The summed E-state index contributed by atoms with van der Waals surface area (Å²) in [6.45, 7) is 5.95. The molecule has 0 bridgehead atoms. The van der Waals surface area contributed by atoms with Gasteiger partial charge >= 0.3 is 0 Å². The molecule has 106 valence electrons. The van der Waals surface area contributed by atoms with Crippen molar-refractivity contribution in [1.82, 2.24) is 9.97 Å². The number of aromatic nitrogens is 2. The molecule has 1 N–H and O–H groups in total. The van der Waals surface area contributed by atoms with Gasteiger partial charge in [0.2, 0.25) is 5.88 Å². The van der Waals surface area contributed by atoms with Crippen LogP contribution in [-0.4, -0.2) is 22.2 Å². The van der Waals surface area contributed by atoms with Crippen molar-refractivity contribution in [1.29, 1.82) is 0 Å². The van der Waals surface area contributed by atoms with Gasteiger partial charge in [-0.15, -0.1) is 0 Å². The minimum atomic E-state index is -1.18. The molecule has 0 saturated carbocycles. The Labute approximate surface area is 119 Å². The lowest BCUT2D eigenvalue weighted by Crippen LogP contribution is -2.34. The second-order valence-electron chi connectivity index (χ2n) is 5.23. The van der Waals surface area contributed by atoms with Gasteiger partial charge in [-0.2, -0.15) is 0 Å². The quantitative estimate of drug-likeness (QED) is 0.929. The molecule has 20 heavy (non-hydrogen) atoms. The maximum absolute atomic E-state index is 11.3. The summed E-state index contributed by atoms with van der Waals surface area (Å²) in [6.07, 6.45) is 3.03. The van der Waals surface area contributed by atoms with E-state index in [0.29, 0.717) is 11.4 Å². The molecule has 0 aliphatic carbocycles. The lowest BCUT2D eigenvalue weighted by Gasteiger charge is -2.33. The largest absolute Gasteiger partial charge is 0.481 e. The number of hydrogen-bond acceptors (Lipinski definition) is 4. The molecule has 0 radical (unpaired) electrons. The Morgan fingerprint density at radius 1 is 1.20 bits per heavy atom. The van der Waals surface area contributed by atoms with E-state index >= 15 is 0 Å². The third-order valence-electron chi connectivity index (χ3n) is 3.61. The van der Waals surface area contributed by atoms with Gasteiger partial charge in [0.25, 0.3) is 0 Å². The molecule has 1 atom stereocenters. The molecule has 1 aromatic heterocycles. The fourth-order valence-corrected chi connectivity index (χ4v) is 2.35. The number of ether oxygens (including phenoxy) is 1. The van der Waals surface area contributed by atoms with E-state index in [0.717, 1.165) is 11.1 Å². The average Bonchev–Trinajstić information content (AvgIpc) is 2.47. The Hall–Kier alpha value is -1.94. The number of hydrogen-bond donors (Lipinski definition) is 1. The Morgan fingerprint density at radius 3 is 2.40 bits per heavy atom. The normalized spacial score (nSPS) is 14.1. The van der Waals surface area contributed by atoms with Gasteiger partial charge < -0.3 is 9.84 Å². The van der Waals surface area contributed by atoms with Crippen LogP contribution in [0.5, 0.6) is 5.88 Å². The molecular weight excluding hydrogens is 252 g/mol. The van der Waals surface area contributed by atoms with Crippen LogP contribution in [0, 0.1) is 12.8 Å². The lowest BCUT2D eigenvalue weighted by molar-refractivity contribution is 0.0285. The van der Waals surface area contributed by atoms with Crippen LogP contribution in [0.3, 0.4) is 0 Å². The third-order valence-corrected chi connectivity index (χ3v) is 3.61. The summed E-state index contributed by atoms with van der Waals surface area (Å²) in [5.74, 6) is 0.349. The first kappa shape index (κ1) is 14.5. The fraction of sp³-hybridized carbons (Fsp3) is 0.375. The molecule has 0 saturated heterocycles. The van der Waals surface area contributed by atoms with Gasteiger partial charge in [0, 0.05) is 6.20 Å². The van der Waals surface area contributed by atoms with Gasteiger partial charge in [0.15, 0.2) is 0 Å². The Morgan fingerprint density at radius 2 is 1.85 bits per heavy atom. The molecule has 0 fully saturated rings. The highest BCUT2D eigenvalue weighted by atomic mass is 16.5. The van der Waals surface area contributed by atoms with Gasteiger partial charge in [0.1, 0.15) is 11.9 Å². The zero-order valence-corrected chi connectivity index (χ0v) is 12.3. The summed E-state index contributed by atoms with van der Waals surface area (Å²) in [5.41, 5.74) is 1.36. The molecule has 1 heterocycles. The molecule has 0 aliphatic heterocycles. The summed E-state index contributed by atoms with van der Waals surface area (Å²) >= 11 is 0. The number of aliphatic hydroxyl groups is 1. The molecule has 1 aromatic carbocycles. The molecule has 0 amide bonds. The predicted octanol–water partition coefficient (Wildman–Crippen LogP) is 2.69. The van der Waals surface area contributed by atoms with Crippen LogP contribution < -0.4 is 4.74 Å². The first-order valence-corrected chi connectivity index (χ1v) is 6.64. The molecule has 0 aliphatic rings. The van der Waals surface area contributed by atoms with Gasteiger partial charge in [-0.1, -0.05) is 43.7 Å². The molecule has 4 nitrogen and oxygen atoms in total. The smallest absolute Gasteiger partial charge is 0.222 e. The Balaban J connectivity index is 2.63. The van der Waals surface area contributed by atoms with E-state index in [1.807, 2.05) is 45.0 Å². The van der Waals surface area contributed by atoms with Gasteiger partial charge in [0.05, 0.1) is 12.7 Å². The van der Waals surface area contributed by atoms with E-state index in [1.165, 1.54) is 6.33 Å². The molecule has 2 rings (SSSR count). The number of aryl methyl sites for hydroxylation is 1.